The van der Waals surface area contributed by atoms with Gasteiger partial charge in [-0.3, -0.25) is 0 Å². The highest BCUT2D eigenvalue weighted by Crippen LogP contribution is 2.38. The average molecular weight is 467 g/mol. The number of ether oxygens (including phenoxy) is 2. The van der Waals surface area contributed by atoms with E-state index in [-0.39, 0.29) is 5.82 Å². The van der Waals surface area contributed by atoms with Gasteiger partial charge in [0.05, 0.1) is 13.2 Å². The molecule has 0 spiro atoms. The van der Waals surface area contributed by atoms with E-state index in [4.69, 9.17) is 9.47 Å². The summed E-state index contributed by atoms with van der Waals surface area (Å²) in [4.78, 5) is 0. The third-order valence-corrected chi connectivity index (χ3v) is 7.95. The lowest BCUT2D eigenvalue weighted by Gasteiger charge is -2.30. The third-order valence-electron chi connectivity index (χ3n) is 7.95. The van der Waals surface area contributed by atoms with E-state index in [2.05, 4.69) is 38.1 Å². The van der Waals surface area contributed by atoms with E-state index in [9.17, 15) is 0 Å². The van der Waals surface area contributed by atoms with Crippen LogP contribution in [0.5, 0.6) is 0 Å². The summed E-state index contributed by atoms with van der Waals surface area (Å²) < 4.78 is 26.9. The maximum Gasteiger partial charge on any atom is 0.183 e. The molecule has 3 heteroatoms. The molecule has 0 bridgehead atoms. The minimum absolute atomic E-state index is 0.209. The second-order valence-corrected chi connectivity index (χ2v) is 10.6. The van der Waals surface area contributed by atoms with Gasteiger partial charge in [-0.2, -0.15) is 0 Å². The third kappa shape index (κ3) is 6.70. The van der Waals surface area contributed by atoms with Gasteiger partial charge in [0.1, 0.15) is 5.82 Å². The van der Waals surface area contributed by atoms with E-state index in [1.54, 1.807) is 6.07 Å². The van der Waals surface area contributed by atoms with Gasteiger partial charge in [0.25, 0.3) is 0 Å². The van der Waals surface area contributed by atoms with Crippen molar-refractivity contribution in [1.82, 2.24) is 0 Å². The SMILES string of the molecule is CCCCCC1COC(c2ccc(-c3ccc(C4CCC(CCCC)CC4)cc3)c(F)c2)OC1. The van der Waals surface area contributed by atoms with Gasteiger partial charge in [-0.05, 0) is 61.1 Å². The lowest BCUT2D eigenvalue weighted by molar-refractivity contribution is -0.206. The first-order valence-electron chi connectivity index (χ1n) is 13.8. The number of rotatable bonds is 10. The summed E-state index contributed by atoms with van der Waals surface area (Å²) in [5, 5.41) is 0. The van der Waals surface area contributed by atoms with Crippen LogP contribution in [0.3, 0.4) is 0 Å². The van der Waals surface area contributed by atoms with Gasteiger partial charge in [0, 0.05) is 17.0 Å². The van der Waals surface area contributed by atoms with Crippen molar-refractivity contribution in [3.05, 3.63) is 59.4 Å². The van der Waals surface area contributed by atoms with Gasteiger partial charge in [0.15, 0.2) is 6.29 Å². The number of benzene rings is 2. The zero-order valence-electron chi connectivity index (χ0n) is 21.2. The highest BCUT2D eigenvalue weighted by molar-refractivity contribution is 5.65. The topological polar surface area (TPSA) is 18.5 Å². The van der Waals surface area contributed by atoms with Gasteiger partial charge in [-0.1, -0.05) is 88.8 Å². The second kappa shape index (κ2) is 12.8. The smallest absolute Gasteiger partial charge is 0.183 e. The fourth-order valence-electron chi connectivity index (χ4n) is 5.71. The summed E-state index contributed by atoms with van der Waals surface area (Å²) in [5.41, 5.74) is 3.76. The zero-order chi connectivity index (χ0) is 23.8. The largest absolute Gasteiger partial charge is 0.348 e. The molecule has 2 aromatic carbocycles. The molecule has 0 amide bonds. The molecule has 1 aliphatic carbocycles. The molecule has 4 rings (SSSR count). The van der Waals surface area contributed by atoms with Crippen LogP contribution in [0.25, 0.3) is 11.1 Å². The first kappa shape index (κ1) is 25.4. The Labute approximate surface area is 206 Å². The van der Waals surface area contributed by atoms with E-state index in [1.807, 2.05) is 12.1 Å². The molecular formula is C31H43FO2. The standard InChI is InChI=1S/C31H43FO2/c1-3-5-7-9-24-21-33-31(34-22-24)28-18-19-29(30(32)20-28)27-16-14-26(15-17-27)25-12-10-23(11-13-25)8-6-4-2/h14-20,23-25,31H,3-13,21-22H2,1-2H3. The van der Waals surface area contributed by atoms with E-state index in [1.165, 1.54) is 69.8 Å². The van der Waals surface area contributed by atoms with Crippen LogP contribution in [0, 0.1) is 17.7 Å². The van der Waals surface area contributed by atoms with Crippen LogP contribution in [-0.2, 0) is 9.47 Å². The van der Waals surface area contributed by atoms with Crippen LogP contribution in [0.1, 0.15) is 108 Å². The van der Waals surface area contributed by atoms with Crippen LogP contribution in [0.4, 0.5) is 4.39 Å². The minimum Gasteiger partial charge on any atom is -0.348 e. The summed E-state index contributed by atoms with van der Waals surface area (Å²) in [5.74, 6) is 1.83. The summed E-state index contributed by atoms with van der Waals surface area (Å²) in [7, 11) is 0. The summed E-state index contributed by atoms with van der Waals surface area (Å²) >= 11 is 0. The Kier molecular flexibility index (Phi) is 9.58. The van der Waals surface area contributed by atoms with Crippen LogP contribution in [-0.4, -0.2) is 13.2 Å². The monoisotopic (exact) mass is 466 g/mol. The van der Waals surface area contributed by atoms with Gasteiger partial charge in [0.2, 0.25) is 0 Å². The van der Waals surface area contributed by atoms with Gasteiger partial charge >= 0.3 is 0 Å². The molecule has 0 atom stereocenters. The highest BCUT2D eigenvalue weighted by atomic mass is 19.1. The maximum atomic E-state index is 15.1. The molecule has 186 valence electrons. The highest BCUT2D eigenvalue weighted by Gasteiger charge is 2.25. The van der Waals surface area contributed by atoms with E-state index in [0.717, 1.165) is 23.5 Å². The van der Waals surface area contributed by atoms with Crippen LogP contribution in [0.2, 0.25) is 0 Å². The molecule has 1 heterocycles. The molecular weight excluding hydrogens is 423 g/mol. The van der Waals surface area contributed by atoms with E-state index < -0.39 is 6.29 Å². The second-order valence-electron chi connectivity index (χ2n) is 10.6. The molecule has 1 saturated carbocycles. The number of hydrogen-bond acceptors (Lipinski definition) is 2. The van der Waals surface area contributed by atoms with Crippen LogP contribution in [0.15, 0.2) is 42.5 Å². The quantitative estimate of drug-likeness (QED) is 0.325. The molecule has 1 saturated heterocycles. The molecule has 1 aliphatic heterocycles. The first-order chi connectivity index (χ1) is 16.7. The van der Waals surface area contributed by atoms with Crippen LogP contribution >= 0.6 is 0 Å². The Morgan fingerprint density at radius 3 is 2.03 bits per heavy atom. The number of unbranched alkanes of at least 4 members (excludes halogenated alkanes) is 3. The summed E-state index contributed by atoms with van der Waals surface area (Å²) in [6.07, 6.45) is 13.8. The molecule has 0 N–H and O–H groups in total. The lowest BCUT2D eigenvalue weighted by atomic mass is 9.77. The lowest BCUT2D eigenvalue weighted by Crippen LogP contribution is -2.27. The van der Waals surface area contributed by atoms with Crippen molar-refractivity contribution in [2.24, 2.45) is 11.8 Å². The molecule has 2 aliphatic rings. The van der Waals surface area contributed by atoms with Crippen LogP contribution < -0.4 is 0 Å². The molecule has 34 heavy (non-hydrogen) atoms. The Morgan fingerprint density at radius 1 is 0.735 bits per heavy atom. The predicted molar refractivity (Wildman–Crippen MR) is 138 cm³/mol. The van der Waals surface area contributed by atoms with Gasteiger partial charge < -0.3 is 9.47 Å². The maximum absolute atomic E-state index is 15.1. The Hall–Kier alpha value is -1.71. The Morgan fingerprint density at radius 2 is 1.38 bits per heavy atom. The van der Waals surface area contributed by atoms with Crippen molar-refractivity contribution < 1.29 is 13.9 Å². The normalized spacial score (nSPS) is 25.4. The van der Waals surface area contributed by atoms with Gasteiger partial charge in [-0.25, -0.2) is 4.39 Å². The van der Waals surface area contributed by atoms with E-state index in [0.29, 0.717) is 30.6 Å². The fourth-order valence-corrected chi connectivity index (χ4v) is 5.71. The van der Waals surface area contributed by atoms with Crippen molar-refractivity contribution in [3.63, 3.8) is 0 Å². The van der Waals surface area contributed by atoms with Crippen molar-refractivity contribution in [1.29, 1.82) is 0 Å². The Balaban J connectivity index is 1.32. The molecule has 2 fully saturated rings. The number of halogens is 1. The zero-order valence-corrected chi connectivity index (χ0v) is 21.2. The first-order valence-corrected chi connectivity index (χ1v) is 13.8. The van der Waals surface area contributed by atoms with Crippen molar-refractivity contribution in [3.8, 4) is 11.1 Å². The van der Waals surface area contributed by atoms with Crippen molar-refractivity contribution in [2.45, 2.75) is 96.7 Å². The summed E-state index contributed by atoms with van der Waals surface area (Å²) in [6.45, 7) is 5.89. The Bertz CT molecular complexity index is 862. The minimum atomic E-state index is -0.458. The molecule has 0 radical (unpaired) electrons. The molecule has 0 unspecified atom stereocenters. The van der Waals surface area contributed by atoms with Crippen molar-refractivity contribution in [2.75, 3.05) is 13.2 Å². The molecule has 2 nitrogen and oxygen atoms in total. The average Bonchev–Trinajstić information content (AvgIpc) is 2.88. The summed E-state index contributed by atoms with van der Waals surface area (Å²) in [6, 6.07) is 14.0. The predicted octanol–water partition coefficient (Wildman–Crippen LogP) is 9.20. The number of hydrogen-bond donors (Lipinski definition) is 0. The van der Waals surface area contributed by atoms with Crippen molar-refractivity contribution >= 4 is 0 Å². The molecule has 2 aromatic rings. The molecule has 0 aromatic heterocycles. The van der Waals surface area contributed by atoms with Gasteiger partial charge in [-0.15, -0.1) is 0 Å². The fraction of sp³-hybridized carbons (Fsp3) is 0.613. The van der Waals surface area contributed by atoms with E-state index >= 15 is 4.39 Å².